The SMILES string of the molecule is CCC(CC)N(CCO)C(=O)[C@H]1Cc2ccccc2CN1. The van der Waals surface area contributed by atoms with Crippen molar-refractivity contribution in [2.45, 2.75) is 51.7 Å². The van der Waals surface area contributed by atoms with Crippen LogP contribution in [0.15, 0.2) is 24.3 Å². The van der Waals surface area contributed by atoms with Crippen LogP contribution < -0.4 is 5.32 Å². The van der Waals surface area contributed by atoms with E-state index in [2.05, 4.69) is 31.3 Å². The molecule has 1 aromatic rings. The Bertz CT molecular complexity index is 472. The van der Waals surface area contributed by atoms with Crippen LogP contribution in [0.4, 0.5) is 0 Å². The second-order valence-electron chi connectivity index (χ2n) is 5.63. The summed E-state index contributed by atoms with van der Waals surface area (Å²) in [5, 5.41) is 12.6. The standard InChI is InChI=1S/C17H26N2O2/c1-3-15(4-2)19(9-10-20)17(21)16-11-13-7-5-6-8-14(13)12-18-16/h5-8,15-16,18,20H,3-4,9-12H2,1-2H3/t16-/m1/s1. The maximum atomic E-state index is 12.8. The van der Waals surface area contributed by atoms with E-state index in [1.165, 1.54) is 11.1 Å². The van der Waals surface area contributed by atoms with E-state index in [4.69, 9.17) is 0 Å². The highest BCUT2D eigenvalue weighted by Crippen LogP contribution is 2.19. The Morgan fingerprint density at radius 3 is 2.62 bits per heavy atom. The average Bonchev–Trinajstić information content (AvgIpc) is 2.54. The molecule has 2 N–H and O–H groups in total. The number of carbonyl (C=O) groups is 1. The third-order valence-electron chi connectivity index (χ3n) is 4.39. The molecule has 1 heterocycles. The van der Waals surface area contributed by atoms with E-state index in [1.807, 2.05) is 17.0 Å². The minimum absolute atomic E-state index is 0.0194. The summed E-state index contributed by atoms with van der Waals surface area (Å²) in [6.07, 6.45) is 2.58. The van der Waals surface area contributed by atoms with Gasteiger partial charge in [-0.05, 0) is 30.4 Å². The van der Waals surface area contributed by atoms with Gasteiger partial charge in [0.05, 0.1) is 12.6 Å². The van der Waals surface area contributed by atoms with Crippen molar-refractivity contribution in [3.63, 3.8) is 0 Å². The van der Waals surface area contributed by atoms with E-state index in [0.717, 1.165) is 25.8 Å². The van der Waals surface area contributed by atoms with Gasteiger partial charge in [0.25, 0.3) is 0 Å². The molecule has 1 amide bonds. The minimum atomic E-state index is -0.174. The number of hydrogen-bond donors (Lipinski definition) is 2. The molecule has 0 aromatic heterocycles. The van der Waals surface area contributed by atoms with Crippen LogP contribution >= 0.6 is 0 Å². The number of rotatable bonds is 6. The zero-order valence-electron chi connectivity index (χ0n) is 13.0. The zero-order chi connectivity index (χ0) is 15.2. The number of carbonyl (C=O) groups excluding carboxylic acids is 1. The molecular formula is C17H26N2O2. The highest BCUT2D eigenvalue weighted by molar-refractivity contribution is 5.83. The van der Waals surface area contributed by atoms with E-state index in [9.17, 15) is 9.90 Å². The molecule has 2 rings (SSSR count). The van der Waals surface area contributed by atoms with Crippen LogP contribution in [0.2, 0.25) is 0 Å². The van der Waals surface area contributed by atoms with E-state index >= 15 is 0 Å². The van der Waals surface area contributed by atoms with Crippen molar-refractivity contribution in [1.82, 2.24) is 10.2 Å². The van der Waals surface area contributed by atoms with E-state index < -0.39 is 0 Å². The number of fused-ring (bicyclic) bond motifs is 1. The van der Waals surface area contributed by atoms with Crippen molar-refractivity contribution in [3.8, 4) is 0 Å². The molecule has 0 spiro atoms. The number of benzene rings is 1. The van der Waals surface area contributed by atoms with Gasteiger partial charge in [0.15, 0.2) is 0 Å². The number of aliphatic hydroxyl groups is 1. The predicted molar refractivity (Wildman–Crippen MR) is 83.9 cm³/mol. The Morgan fingerprint density at radius 1 is 1.33 bits per heavy atom. The van der Waals surface area contributed by atoms with Crippen molar-refractivity contribution in [2.75, 3.05) is 13.2 Å². The number of amides is 1. The quantitative estimate of drug-likeness (QED) is 0.838. The maximum Gasteiger partial charge on any atom is 0.240 e. The predicted octanol–water partition coefficient (Wildman–Crippen LogP) is 1.71. The molecular weight excluding hydrogens is 264 g/mol. The lowest BCUT2D eigenvalue weighted by atomic mass is 9.94. The van der Waals surface area contributed by atoms with Crippen LogP contribution in [0.1, 0.15) is 37.8 Å². The fraction of sp³-hybridized carbons (Fsp3) is 0.588. The summed E-state index contributed by atoms with van der Waals surface area (Å²) in [6.45, 7) is 5.36. The van der Waals surface area contributed by atoms with Gasteiger partial charge >= 0.3 is 0 Å². The first-order valence-electron chi connectivity index (χ1n) is 7.92. The number of aliphatic hydroxyl groups excluding tert-OH is 1. The molecule has 0 fully saturated rings. The normalized spacial score (nSPS) is 17.6. The number of nitrogens with zero attached hydrogens (tertiary/aromatic N) is 1. The first-order chi connectivity index (χ1) is 10.2. The monoisotopic (exact) mass is 290 g/mol. The molecule has 0 saturated heterocycles. The lowest BCUT2D eigenvalue weighted by Gasteiger charge is -2.35. The molecule has 0 aliphatic carbocycles. The van der Waals surface area contributed by atoms with Gasteiger partial charge in [-0.3, -0.25) is 4.79 Å². The van der Waals surface area contributed by atoms with Crippen LogP contribution in [-0.2, 0) is 17.8 Å². The Labute approximate surface area is 127 Å². The molecule has 0 radical (unpaired) electrons. The average molecular weight is 290 g/mol. The Kier molecular flexibility index (Phi) is 5.76. The first-order valence-corrected chi connectivity index (χ1v) is 7.92. The van der Waals surface area contributed by atoms with Gasteiger partial charge in [0.1, 0.15) is 0 Å². The highest BCUT2D eigenvalue weighted by atomic mass is 16.3. The smallest absolute Gasteiger partial charge is 0.240 e. The third kappa shape index (κ3) is 3.63. The summed E-state index contributed by atoms with van der Waals surface area (Å²) in [4.78, 5) is 14.7. The summed E-state index contributed by atoms with van der Waals surface area (Å²) >= 11 is 0. The molecule has 1 atom stereocenters. The second-order valence-corrected chi connectivity index (χ2v) is 5.63. The molecule has 1 aromatic carbocycles. The molecule has 0 bridgehead atoms. The Hall–Kier alpha value is -1.39. The molecule has 1 aliphatic rings. The van der Waals surface area contributed by atoms with Crippen molar-refractivity contribution < 1.29 is 9.90 Å². The van der Waals surface area contributed by atoms with Gasteiger partial charge in [-0.1, -0.05) is 38.1 Å². The molecule has 116 valence electrons. The van der Waals surface area contributed by atoms with Crippen LogP contribution in [0, 0.1) is 0 Å². The number of hydrogen-bond acceptors (Lipinski definition) is 3. The molecule has 0 saturated carbocycles. The van der Waals surface area contributed by atoms with E-state index in [-0.39, 0.29) is 24.6 Å². The summed E-state index contributed by atoms with van der Waals surface area (Å²) in [5.74, 6) is 0.118. The number of nitrogens with one attached hydrogen (secondary N) is 1. The lowest BCUT2D eigenvalue weighted by molar-refractivity contribution is -0.136. The van der Waals surface area contributed by atoms with Gasteiger partial charge in [-0.25, -0.2) is 0 Å². The molecule has 0 unspecified atom stereocenters. The fourth-order valence-electron chi connectivity index (χ4n) is 3.14. The van der Waals surface area contributed by atoms with Gasteiger partial charge < -0.3 is 15.3 Å². The molecule has 1 aliphatic heterocycles. The topological polar surface area (TPSA) is 52.6 Å². The summed E-state index contributed by atoms with van der Waals surface area (Å²) < 4.78 is 0. The van der Waals surface area contributed by atoms with Crippen molar-refractivity contribution >= 4 is 5.91 Å². The van der Waals surface area contributed by atoms with E-state index in [0.29, 0.717) is 6.54 Å². The largest absolute Gasteiger partial charge is 0.395 e. The summed E-state index contributed by atoms with van der Waals surface area (Å²) in [7, 11) is 0. The molecule has 4 nitrogen and oxygen atoms in total. The van der Waals surface area contributed by atoms with Crippen molar-refractivity contribution in [2.24, 2.45) is 0 Å². The van der Waals surface area contributed by atoms with Gasteiger partial charge in [0, 0.05) is 19.1 Å². The van der Waals surface area contributed by atoms with Crippen molar-refractivity contribution in [1.29, 1.82) is 0 Å². The fourth-order valence-corrected chi connectivity index (χ4v) is 3.14. The van der Waals surface area contributed by atoms with Gasteiger partial charge in [0.2, 0.25) is 5.91 Å². The first kappa shape index (κ1) is 16.0. The van der Waals surface area contributed by atoms with E-state index in [1.54, 1.807) is 0 Å². The van der Waals surface area contributed by atoms with Crippen LogP contribution in [-0.4, -0.2) is 41.1 Å². The molecule has 4 heteroatoms. The molecule has 21 heavy (non-hydrogen) atoms. The maximum absolute atomic E-state index is 12.8. The van der Waals surface area contributed by atoms with Crippen molar-refractivity contribution in [3.05, 3.63) is 35.4 Å². The minimum Gasteiger partial charge on any atom is -0.395 e. The van der Waals surface area contributed by atoms with Crippen LogP contribution in [0.3, 0.4) is 0 Å². The highest BCUT2D eigenvalue weighted by Gasteiger charge is 2.30. The zero-order valence-corrected chi connectivity index (χ0v) is 13.0. The van der Waals surface area contributed by atoms with Crippen LogP contribution in [0.5, 0.6) is 0 Å². The van der Waals surface area contributed by atoms with Gasteiger partial charge in [-0.2, -0.15) is 0 Å². The van der Waals surface area contributed by atoms with Crippen LogP contribution in [0.25, 0.3) is 0 Å². The Balaban J connectivity index is 2.11. The Morgan fingerprint density at radius 2 is 2.00 bits per heavy atom. The lowest BCUT2D eigenvalue weighted by Crippen LogP contribution is -2.53. The summed E-state index contributed by atoms with van der Waals surface area (Å²) in [5.41, 5.74) is 2.53. The summed E-state index contributed by atoms with van der Waals surface area (Å²) in [6, 6.07) is 8.30. The van der Waals surface area contributed by atoms with Gasteiger partial charge in [-0.15, -0.1) is 0 Å². The second kappa shape index (κ2) is 7.57. The third-order valence-corrected chi connectivity index (χ3v) is 4.39.